The number of hydrogen-bond acceptors (Lipinski definition) is 3. The summed E-state index contributed by atoms with van der Waals surface area (Å²) in [6.07, 6.45) is 3.37. The molecule has 4 nitrogen and oxygen atoms in total. The van der Waals surface area contributed by atoms with E-state index < -0.39 is 0 Å². The number of rotatable bonds is 2. The lowest BCUT2D eigenvalue weighted by atomic mass is 10.00. The average molecular weight is 262 g/mol. The van der Waals surface area contributed by atoms with Gasteiger partial charge < -0.3 is 5.11 Å². The van der Waals surface area contributed by atoms with Crippen LogP contribution in [0.25, 0.3) is 0 Å². The fourth-order valence-electron chi connectivity index (χ4n) is 2.65. The quantitative estimate of drug-likeness (QED) is 0.861. The second kappa shape index (κ2) is 5.61. The largest absolute Gasteiger partial charge is 0.507 e. The molecule has 1 aliphatic heterocycles. The maximum absolute atomic E-state index is 12.2. The Bertz CT molecular complexity index is 463. The Balaban J connectivity index is 2.11. The number of amides is 1. The molecule has 104 valence electrons. The number of hydrazine groups is 1. The number of piperidine rings is 1. The fourth-order valence-corrected chi connectivity index (χ4v) is 2.65. The highest BCUT2D eigenvalue weighted by atomic mass is 16.3. The van der Waals surface area contributed by atoms with Crippen LogP contribution in [0.15, 0.2) is 18.2 Å². The molecule has 2 atom stereocenters. The van der Waals surface area contributed by atoms with E-state index in [0.29, 0.717) is 17.6 Å². The smallest absolute Gasteiger partial charge is 0.269 e. The number of phenolic OH excluding ortho intramolecular Hbond substituents is 1. The Hall–Kier alpha value is -1.55. The molecule has 1 heterocycles. The first kappa shape index (κ1) is 13.9. The number of nitrogens with one attached hydrogen (secondary N) is 1. The molecule has 0 bridgehead atoms. The van der Waals surface area contributed by atoms with E-state index in [-0.39, 0.29) is 11.7 Å². The molecule has 0 saturated carbocycles. The van der Waals surface area contributed by atoms with E-state index >= 15 is 0 Å². The number of carbonyl (C=O) groups is 1. The highest BCUT2D eigenvalue weighted by Crippen LogP contribution is 2.22. The second-order valence-electron chi connectivity index (χ2n) is 5.50. The molecule has 1 aliphatic rings. The van der Waals surface area contributed by atoms with Crippen LogP contribution in [-0.4, -0.2) is 28.1 Å². The molecule has 0 aliphatic carbocycles. The molecule has 0 spiro atoms. The van der Waals surface area contributed by atoms with Gasteiger partial charge in [-0.1, -0.05) is 12.5 Å². The van der Waals surface area contributed by atoms with Crippen molar-refractivity contribution < 1.29 is 9.90 Å². The van der Waals surface area contributed by atoms with Gasteiger partial charge in [-0.2, -0.15) is 0 Å². The zero-order chi connectivity index (χ0) is 14.0. The Morgan fingerprint density at radius 3 is 2.53 bits per heavy atom. The molecule has 2 unspecified atom stereocenters. The van der Waals surface area contributed by atoms with Crippen molar-refractivity contribution in [3.05, 3.63) is 29.3 Å². The maximum Gasteiger partial charge on any atom is 0.269 e. The molecule has 1 saturated heterocycles. The summed E-state index contributed by atoms with van der Waals surface area (Å²) in [6.45, 7) is 6.12. The fraction of sp³-hybridized carbons (Fsp3) is 0.533. The number of nitrogens with zero attached hydrogens (tertiary/aromatic N) is 1. The molecule has 19 heavy (non-hydrogen) atoms. The minimum absolute atomic E-state index is 0.0369. The highest BCUT2D eigenvalue weighted by Gasteiger charge is 2.26. The van der Waals surface area contributed by atoms with Gasteiger partial charge in [0, 0.05) is 12.1 Å². The summed E-state index contributed by atoms with van der Waals surface area (Å²) in [7, 11) is 0. The van der Waals surface area contributed by atoms with Crippen LogP contribution in [-0.2, 0) is 0 Å². The Labute approximate surface area is 114 Å². The van der Waals surface area contributed by atoms with Crippen LogP contribution in [0.2, 0.25) is 0 Å². The topological polar surface area (TPSA) is 52.6 Å². The van der Waals surface area contributed by atoms with E-state index in [1.807, 2.05) is 18.0 Å². The number of benzene rings is 1. The standard InChI is InChI=1S/C15H22N2O2/c1-10-7-8-13(14(18)9-10)15(19)16-17-11(2)5-4-6-12(17)3/h7-9,11-12,18H,4-6H2,1-3H3,(H,16,19). The monoisotopic (exact) mass is 262 g/mol. The van der Waals surface area contributed by atoms with Crippen LogP contribution in [0.1, 0.15) is 49.0 Å². The van der Waals surface area contributed by atoms with Crippen molar-refractivity contribution >= 4 is 5.91 Å². The first-order valence-corrected chi connectivity index (χ1v) is 6.88. The van der Waals surface area contributed by atoms with Crippen LogP contribution >= 0.6 is 0 Å². The third kappa shape index (κ3) is 3.07. The van der Waals surface area contributed by atoms with Crippen molar-refractivity contribution in [2.24, 2.45) is 0 Å². The lowest BCUT2D eigenvalue weighted by Crippen LogP contribution is -2.54. The van der Waals surface area contributed by atoms with E-state index in [9.17, 15) is 9.90 Å². The molecule has 4 heteroatoms. The molecule has 0 aromatic heterocycles. The van der Waals surface area contributed by atoms with E-state index in [2.05, 4.69) is 19.3 Å². The van der Waals surface area contributed by atoms with Crippen molar-refractivity contribution in [3.63, 3.8) is 0 Å². The number of aromatic hydroxyl groups is 1. The van der Waals surface area contributed by atoms with Gasteiger partial charge in [0.1, 0.15) is 5.75 Å². The van der Waals surface area contributed by atoms with E-state index in [1.165, 1.54) is 6.42 Å². The first-order valence-electron chi connectivity index (χ1n) is 6.88. The summed E-state index contributed by atoms with van der Waals surface area (Å²) in [6, 6.07) is 5.77. The maximum atomic E-state index is 12.2. The zero-order valence-corrected chi connectivity index (χ0v) is 11.8. The molecule has 1 aromatic rings. The van der Waals surface area contributed by atoms with Crippen LogP contribution in [0.4, 0.5) is 0 Å². The van der Waals surface area contributed by atoms with E-state index in [4.69, 9.17) is 0 Å². The van der Waals surface area contributed by atoms with Crippen molar-refractivity contribution in [2.45, 2.75) is 52.1 Å². The van der Waals surface area contributed by atoms with Gasteiger partial charge in [0.2, 0.25) is 0 Å². The lowest BCUT2D eigenvalue weighted by Gasteiger charge is -2.38. The van der Waals surface area contributed by atoms with Crippen molar-refractivity contribution in [3.8, 4) is 5.75 Å². The molecule has 2 N–H and O–H groups in total. The van der Waals surface area contributed by atoms with Crippen molar-refractivity contribution in [1.29, 1.82) is 0 Å². The SMILES string of the molecule is Cc1ccc(C(=O)NN2C(C)CCCC2C)c(O)c1. The molecule has 1 amide bonds. The molecule has 1 fully saturated rings. The normalized spacial score (nSPS) is 24.2. The molecule has 1 aromatic carbocycles. The summed E-state index contributed by atoms with van der Waals surface area (Å²) >= 11 is 0. The van der Waals surface area contributed by atoms with Gasteiger partial charge in [0.25, 0.3) is 5.91 Å². The van der Waals surface area contributed by atoms with Crippen LogP contribution in [0.5, 0.6) is 5.75 Å². The summed E-state index contributed by atoms with van der Waals surface area (Å²) in [5.74, 6) is -0.201. The Morgan fingerprint density at radius 2 is 1.95 bits per heavy atom. The molecule has 2 rings (SSSR count). The predicted molar refractivity (Wildman–Crippen MR) is 74.9 cm³/mol. The van der Waals surface area contributed by atoms with Gasteiger partial charge in [0.15, 0.2) is 0 Å². The third-order valence-electron chi connectivity index (χ3n) is 3.82. The minimum atomic E-state index is -0.238. The number of phenols is 1. The Morgan fingerprint density at radius 1 is 1.32 bits per heavy atom. The third-order valence-corrected chi connectivity index (χ3v) is 3.82. The van der Waals surface area contributed by atoms with Crippen LogP contribution < -0.4 is 5.43 Å². The molecular weight excluding hydrogens is 240 g/mol. The lowest BCUT2D eigenvalue weighted by molar-refractivity contribution is 0.0368. The van der Waals surface area contributed by atoms with Crippen molar-refractivity contribution in [1.82, 2.24) is 10.4 Å². The van der Waals surface area contributed by atoms with E-state index in [1.54, 1.807) is 12.1 Å². The summed E-state index contributed by atoms with van der Waals surface area (Å²) in [5, 5.41) is 11.8. The highest BCUT2D eigenvalue weighted by molar-refractivity contribution is 5.96. The zero-order valence-electron chi connectivity index (χ0n) is 11.8. The van der Waals surface area contributed by atoms with Crippen LogP contribution in [0, 0.1) is 6.92 Å². The second-order valence-corrected chi connectivity index (χ2v) is 5.50. The van der Waals surface area contributed by atoms with Crippen LogP contribution in [0.3, 0.4) is 0 Å². The van der Waals surface area contributed by atoms with Gasteiger partial charge in [0.05, 0.1) is 5.56 Å². The van der Waals surface area contributed by atoms with Gasteiger partial charge in [-0.15, -0.1) is 0 Å². The van der Waals surface area contributed by atoms with Gasteiger partial charge >= 0.3 is 0 Å². The first-order chi connectivity index (χ1) is 8.99. The Kier molecular flexibility index (Phi) is 4.10. The predicted octanol–water partition coefficient (Wildman–Crippen LogP) is 2.61. The van der Waals surface area contributed by atoms with Gasteiger partial charge in [-0.25, -0.2) is 5.01 Å². The number of carbonyl (C=O) groups excluding carboxylic acids is 1. The number of hydrogen-bond donors (Lipinski definition) is 2. The van der Waals surface area contributed by atoms with E-state index in [0.717, 1.165) is 18.4 Å². The average Bonchev–Trinajstić information content (AvgIpc) is 2.33. The molecule has 0 radical (unpaired) electrons. The van der Waals surface area contributed by atoms with Crippen molar-refractivity contribution in [2.75, 3.05) is 0 Å². The summed E-state index contributed by atoms with van der Waals surface area (Å²) < 4.78 is 0. The summed E-state index contributed by atoms with van der Waals surface area (Å²) in [4.78, 5) is 12.2. The summed E-state index contributed by atoms with van der Waals surface area (Å²) in [5.41, 5.74) is 4.20. The number of aryl methyl sites for hydroxylation is 1. The van der Waals surface area contributed by atoms with Gasteiger partial charge in [-0.05, 0) is 51.3 Å². The molecular formula is C15H22N2O2. The van der Waals surface area contributed by atoms with Gasteiger partial charge in [-0.3, -0.25) is 10.2 Å². The minimum Gasteiger partial charge on any atom is -0.507 e.